The average Bonchev–Trinajstić information content (AvgIpc) is 2.55. The topological polar surface area (TPSA) is 61.4 Å². The Balaban J connectivity index is 2.18. The molecule has 0 heterocycles. The van der Waals surface area contributed by atoms with Crippen LogP contribution < -0.4 is 10.1 Å². The van der Waals surface area contributed by atoms with Crippen LogP contribution in [-0.2, 0) is 11.2 Å². The Morgan fingerprint density at radius 1 is 1.18 bits per heavy atom. The van der Waals surface area contributed by atoms with Crippen LogP contribution in [0.3, 0.4) is 0 Å². The minimum atomic E-state index is -1.11. The second-order valence-corrected chi connectivity index (χ2v) is 6.44. The van der Waals surface area contributed by atoms with Crippen LogP contribution in [0.2, 0.25) is 0 Å². The van der Waals surface area contributed by atoms with Gasteiger partial charge in [0, 0.05) is 16.9 Å². The van der Waals surface area contributed by atoms with Gasteiger partial charge >= 0.3 is 0 Å². The highest BCUT2D eigenvalue weighted by molar-refractivity contribution is 7.92. The number of hydrogen-bond acceptors (Lipinski definition) is 4. The van der Waals surface area contributed by atoms with Gasteiger partial charge < -0.3 is 14.6 Å². The molecule has 0 aromatic heterocycles. The van der Waals surface area contributed by atoms with Crippen LogP contribution >= 0.6 is 0 Å². The molecule has 0 aliphatic carbocycles. The van der Waals surface area contributed by atoms with Gasteiger partial charge in [0.25, 0.3) is 0 Å². The second kappa shape index (κ2) is 7.87. The van der Waals surface area contributed by atoms with Gasteiger partial charge in [-0.2, -0.15) is 0 Å². The third-order valence-corrected chi connectivity index (χ3v) is 4.44. The van der Waals surface area contributed by atoms with Gasteiger partial charge in [-0.15, -0.1) is 0 Å². The standard InChI is InChI=1S/C17H19NO3S/c1-3-22(20)12-17(19)15-6-4-5-7-16(15)18-13-8-10-14(21-2)11-9-13/h4-11,18H,3,12H2,1-2H3. The molecule has 1 atom stereocenters. The lowest BCUT2D eigenvalue weighted by atomic mass is 10.1. The highest BCUT2D eigenvalue weighted by Crippen LogP contribution is 2.23. The molecule has 2 aromatic carbocycles. The van der Waals surface area contributed by atoms with Crippen molar-refractivity contribution in [2.75, 3.05) is 23.9 Å². The van der Waals surface area contributed by atoms with Crippen LogP contribution in [0.15, 0.2) is 48.5 Å². The molecule has 0 saturated carbocycles. The lowest BCUT2D eigenvalue weighted by Crippen LogP contribution is -2.18. The fourth-order valence-electron chi connectivity index (χ4n) is 1.99. The molecule has 4 nitrogen and oxygen atoms in total. The van der Waals surface area contributed by atoms with Gasteiger partial charge in [-0.25, -0.2) is 0 Å². The minimum absolute atomic E-state index is 0.0534. The van der Waals surface area contributed by atoms with Gasteiger partial charge in [0.15, 0.2) is 5.75 Å². The minimum Gasteiger partial charge on any atom is -0.616 e. The molecule has 0 saturated heterocycles. The van der Waals surface area contributed by atoms with Crippen LogP contribution in [0.4, 0.5) is 11.4 Å². The largest absolute Gasteiger partial charge is 0.616 e. The molecule has 0 spiro atoms. The smallest absolute Gasteiger partial charge is 0.213 e. The molecule has 0 bridgehead atoms. The fraction of sp³-hybridized carbons (Fsp3) is 0.235. The van der Waals surface area contributed by atoms with Crippen molar-refractivity contribution in [2.24, 2.45) is 0 Å². The van der Waals surface area contributed by atoms with E-state index in [1.54, 1.807) is 19.2 Å². The number of anilines is 2. The summed E-state index contributed by atoms with van der Waals surface area (Å²) in [5.74, 6) is 1.20. The van der Waals surface area contributed by atoms with E-state index in [4.69, 9.17) is 4.74 Å². The van der Waals surface area contributed by atoms with E-state index in [-0.39, 0.29) is 11.5 Å². The van der Waals surface area contributed by atoms with Gasteiger partial charge in [-0.1, -0.05) is 12.1 Å². The van der Waals surface area contributed by atoms with E-state index in [9.17, 15) is 9.35 Å². The van der Waals surface area contributed by atoms with E-state index in [1.165, 1.54) is 0 Å². The lowest BCUT2D eigenvalue weighted by Gasteiger charge is -2.13. The SMILES string of the molecule is CC[S+]([O-])CC(=O)c1ccccc1Nc1ccc(OC)cc1. The number of carbonyl (C=O) groups is 1. The Kier molecular flexibility index (Phi) is 5.86. The first-order chi connectivity index (χ1) is 10.6. The van der Waals surface area contributed by atoms with Gasteiger partial charge in [-0.05, 0) is 54.5 Å². The summed E-state index contributed by atoms with van der Waals surface area (Å²) in [4.78, 5) is 12.3. The molecular formula is C17H19NO3S. The summed E-state index contributed by atoms with van der Waals surface area (Å²) in [5, 5.41) is 3.22. The molecule has 1 N–H and O–H groups in total. The predicted molar refractivity (Wildman–Crippen MR) is 90.6 cm³/mol. The van der Waals surface area contributed by atoms with Crippen molar-refractivity contribution in [2.45, 2.75) is 6.92 Å². The summed E-state index contributed by atoms with van der Waals surface area (Å²) in [7, 11) is 1.62. The molecule has 0 fully saturated rings. The Bertz CT molecular complexity index is 628. The Labute approximate surface area is 133 Å². The Hall–Kier alpha value is -1.98. The molecule has 2 aromatic rings. The molecule has 2 rings (SSSR count). The maximum Gasteiger partial charge on any atom is 0.213 e. The van der Waals surface area contributed by atoms with Gasteiger partial charge in [0.1, 0.15) is 11.5 Å². The lowest BCUT2D eigenvalue weighted by molar-refractivity contribution is 0.102. The van der Waals surface area contributed by atoms with Gasteiger partial charge in [-0.3, -0.25) is 4.79 Å². The van der Waals surface area contributed by atoms with E-state index in [0.717, 1.165) is 11.4 Å². The first-order valence-corrected chi connectivity index (χ1v) is 8.51. The second-order valence-electron chi connectivity index (χ2n) is 4.70. The third kappa shape index (κ3) is 4.26. The Morgan fingerprint density at radius 3 is 2.50 bits per heavy atom. The number of para-hydroxylation sites is 1. The third-order valence-electron chi connectivity index (χ3n) is 3.21. The number of methoxy groups -OCH3 is 1. The van der Waals surface area contributed by atoms with Crippen molar-refractivity contribution >= 4 is 28.3 Å². The molecule has 22 heavy (non-hydrogen) atoms. The molecule has 5 heteroatoms. The maximum absolute atomic E-state index is 12.3. The van der Waals surface area contributed by atoms with Crippen molar-refractivity contribution in [1.82, 2.24) is 0 Å². The van der Waals surface area contributed by atoms with E-state index < -0.39 is 11.2 Å². The van der Waals surface area contributed by atoms with Crippen molar-refractivity contribution in [3.05, 3.63) is 54.1 Å². The first-order valence-electron chi connectivity index (χ1n) is 7.02. The zero-order chi connectivity index (χ0) is 15.9. The quantitative estimate of drug-likeness (QED) is 0.628. The van der Waals surface area contributed by atoms with Crippen molar-refractivity contribution in [3.8, 4) is 5.75 Å². The number of nitrogens with one attached hydrogen (secondary N) is 1. The van der Waals surface area contributed by atoms with Crippen LogP contribution in [-0.4, -0.2) is 29.0 Å². The number of ketones is 1. The maximum atomic E-state index is 12.3. The number of benzene rings is 2. The number of ether oxygens (including phenoxy) is 1. The van der Waals surface area contributed by atoms with E-state index >= 15 is 0 Å². The monoisotopic (exact) mass is 317 g/mol. The molecule has 1 unspecified atom stereocenters. The zero-order valence-corrected chi connectivity index (χ0v) is 13.5. The summed E-state index contributed by atoms with van der Waals surface area (Å²) in [6, 6.07) is 14.7. The van der Waals surface area contributed by atoms with E-state index in [0.29, 0.717) is 17.0 Å². The molecule has 0 radical (unpaired) electrons. The van der Waals surface area contributed by atoms with Gasteiger partial charge in [0.05, 0.1) is 7.11 Å². The summed E-state index contributed by atoms with van der Waals surface area (Å²) in [6.45, 7) is 1.81. The molecule has 0 aliphatic heterocycles. The summed E-state index contributed by atoms with van der Waals surface area (Å²) in [6.07, 6.45) is 0. The Morgan fingerprint density at radius 2 is 1.86 bits per heavy atom. The molecule has 0 aliphatic rings. The molecule has 0 amide bonds. The van der Waals surface area contributed by atoms with Crippen LogP contribution in [0.5, 0.6) is 5.75 Å². The average molecular weight is 317 g/mol. The fourth-order valence-corrected chi connectivity index (χ4v) is 2.64. The van der Waals surface area contributed by atoms with E-state index in [2.05, 4.69) is 5.32 Å². The van der Waals surface area contributed by atoms with Gasteiger partial charge in [0.2, 0.25) is 5.78 Å². The van der Waals surface area contributed by atoms with Crippen LogP contribution in [0, 0.1) is 0 Å². The normalized spacial score (nSPS) is 11.8. The highest BCUT2D eigenvalue weighted by atomic mass is 32.2. The number of carbonyl (C=O) groups excluding carboxylic acids is 1. The summed E-state index contributed by atoms with van der Waals surface area (Å²) >= 11 is -1.11. The van der Waals surface area contributed by atoms with Crippen molar-refractivity contribution < 1.29 is 14.1 Å². The van der Waals surface area contributed by atoms with Crippen molar-refractivity contribution in [1.29, 1.82) is 0 Å². The molecule has 116 valence electrons. The van der Waals surface area contributed by atoms with Crippen molar-refractivity contribution in [3.63, 3.8) is 0 Å². The summed E-state index contributed by atoms with van der Waals surface area (Å²) in [5.41, 5.74) is 2.13. The van der Waals surface area contributed by atoms with Crippen LogP contribution in [0.25, 0.3) is 0 Å². The molecular weight excluding hydrogens is 298 g/mol. The zero-order valence-electron chi connectivity index (χ0n) is 12.7. The first kappa shape index (κ1) is 16.4. The van der Waals surface area contributed by atoms with Crippen LogP contribution in [0.1, 0.15) is 17.3 Å². The number of rotatable bonds is 7. The predicted octanol–water partition coefficient (Wildman–Crippen LogP) is 3.39. The number of hydrogen-bond donors (Lipinski definition) is 1. The summed E-state index contributed by atoms with van der Waals surface area (Å²) < 4.78 is 16.7. The highest BCUT2D eigenvalue weighted by Gasteiger charge is 2.16. The van der Waals surface area contributed by atoms with E-state index in [1.807, 2.05) is 43.3 Å². The number of Topliss-reactive ketones (excluding diaryl/α,β-unsaturated/α-hetero) is 1.